The predicted octanol–water partition coefficient (Wildman–Crippen LogP) is 2.95. The summed E-state index contributed by atoms with van der Waals surface area (Å²) in [5, 5.41) is 13.2. The van der Waals surface area contributed by atoms with Crippen molar-refractivity contribution in [3.05, 3.63) is 69.8 Å². The number of benzene rings is 2. The standard InChI is InChI=1S/C17H16N2O5/c1-2-12-5-3-4-6-15(12)18-16(20)11-24-17(21)13-7-9-14(10-8-13)19(22)23/h3-10H,2,11H2,1H3,(H,18,20). The van der Waals surface area contributed by atoms with E-state index >= 15 is 0 Å². The van der Waals surface area contributed by atoms with E-state index in [9.17, 15) is 19.7 Å². The number of rotatable bonds is 6. The smallest absolute Gasteiger partial charge is 0.338 e. The molecule has 0 aliphatic rings. The first-order chi connectivity index (χ1) is 11.5. The molecule has 1 N–H and O–H groups in total. The number of carbonyl (C=O) groups excluding carboxylic acids is 2. The summed E-state index contributed by atoms with van der Waals surface area (Å²) in [5.74, 6) is -1.17. The molecule has 24 heavy (non-hydrogen) atoms. The summed E-state index contributed by atoms with van der Waals surface area (Å²) < 4.78 is 4.92. The molecule has 124 valence electrons. The molecule has 7 heteroatoms. The van der Waals surface area contributed by atoms with Gasteiger partial charge in [0.1, 0.15) is 0 Å². The molecule has 0 fully saturated rings. The van der Waals surface area contributed by atoms with E-state index in [1.807, 2.05) is 19.1 Å². The molecular weight excluding hydrogens is 312 g/mol. The van der Waals surface area contributed by atoms with Gasteiger partial charge in [0, 0.05) is 17.8 Å². The summed E-state index contributed by atoms with van der Waals surface area (Å²) in [4.78, 5) is 33.7. The lowest BCUT2D eigenvalue weighted by atomic mass is 10.1. The van der Waals surface area contributed by atoms with Gasteiger partial charge in [0.25, 0.3) is 11.6 Å². The number of carbonyl (C=O) groups is 2. The van der Waals surface area contributed by atoms with Crippen molar-refractivity contribution in [2.75, 3.05) is 11.9 Å². The van der Waals surface area contributed by atoms with Crippen LogP contribution in [0.5, 0.6) is 0 Å². The van der Waals surface area contributed by atoms with Crippen molar-refractivity contribution in [1.82, 2.24) is 0 Å². The number of esters is 1. The molecule has 0 aromatic heterocycles. The minimum atomic E-state index is -0.719. The summed E-state index contributed by atoms with van der Waals surface area (Å²) in [6, 6.07) is 12.3. The summed E-state index contributed by atoms with van der Waals surface area (Å²) in [6.07, 6.45) is 0.763. The van der Waals surface area contributed by atoms with Crippen molar-refractivity contribution >= 4 is 23.3 Å². The van der Waals surface area contributed by atoms with Crippen LogP contribution in [0.1, 0.15) is 22.8 Å². The van der Waals surface area contributed by atoms with Crippen molar-refractivity contribution in [3.8, 4) is 0 Å². The monoisotopic (exact) mass is 328 g/mol. The Morgan fingerprint density at radius 3 is 2.42 bits per heavy atom. The number of nitro groups is 1. The predicted molar refractivity (Wildman–Crippen MR) is 87.8 cm³/mol. The van der Waals surface area contributed by atoms with Gasteiger partial charge in [-0.15, -0.1) is 0 Å². The molecule has 2 rings (SSSR count). The second kappa shape index (κ2) is 7.87. The van der Waals surface area contributed by atoms with Crippen molar-refractivity contribution in [3.63, 3.8) is 0 Å². The van der Waals surface area contributed by atoms with Gasteiger partial charge in [0.15, 0.2) is 6.61 Å². The molecule has 0 radical (unpaired) electrons. The third kappa shape index (κ3) is 4.39. The highest BCUT2D eigenvalue weighted by Crippen LogP contribution is 2.15. The number of para-hydroxylation sites is 1. The zero-order valence-corrected chi connectivity index (χ0v) is 13.0. The molecule has 2 aromatic rings. The quantitative estimate of drug-likeness (QED) is 0.499. The van der Waals surface area contributed by atoms with Gasteiger partial charge in [0.2, 0.25) is 0 Å². The molecule has 0 aliphatic heterocycles. The fourth-order valence-electron chi connectivity index (χ4n) is 2.07. The van der Waals surface area contributed by atoms with E-state index in [0.29, 0.717) is 5.69 Å². The van der Waals surface area contributed by atoms with E-state index in [1.54, 1.807) is 12.1 Å². The molecule has 7 nitrogen and oxygen atoms in total. The molecule has 0 heterocycles. The topological polar surface area (TPSA) is 98.5 Å². The Morgan fingerprint density at radius 2 is 1.79 bits per heavy atom. The van der Waals surface area contributed by atoms with Gasteiger partial charge in [-0.25, -0.2) is 4.79 Å². The highest BCUT2D eigenvalue weighted by atomic mass is 16.6. The van der Waals surface area contributed by atoms with Gasteiger partial charge < -0.3 is 10.1 Å². The highest BCUT2D eigenvalue weighted by molar-refractivity contribution is 5.96. The van der Waals surface area contributed by atoms with Gasteiger partial charge in [-0.2, -0.15) is 0 Å². The molecule has 1 amide bonds. The first kappa shape index (κ1) is 17.1. The maximum Gasteiger partial charge on any atom is 0.338 e. The van der Waals surface area contributed by atoms with Gasteiger partial charge >= 0.3 is 5.97 Å². The van der Waals surface area contributed by atoms with E-state index in [1.165, 1.54) is 24.3 Å². The minimum Gasteiger partial charge on any atom is -0.452 e. The Kier molecular flexibility index (Phi) is 5.62. The van der Waals surface area contributed by atoms with Crippen LogP contribution in [0.2, 0.25) is 0 Å². The van der Waals surface area contributed by atoms with Crippen LogP contribution in [0, 0.1) is 10.1 Å². The number of ether oxygens (including phenoxy) is 1. The van der Waals surface area contributed by atoms with Crippen LogP contribution in [0.3, 0.4) is 0 Å². The summed E-state index contributed by atoms with van der Waals surface area (Å²) in [6.45, 7) is 1.54. The Bertz CT molecular complexity index is 756. The molecular formula is C17H16N2O5. The Morgan fingerprint density at radius 1 is 1.12 bits per heavy atom. The molecule has 0 unspecified atom stereocenters. The maximum atomic E-state index is 11.9. The normalized spacial score (nSPS) is 10.0. The SMILES string of the molecule is CCc1ccccc1NC(=O)COC(=O)c1ccc([N+](=O)[O-])cc1. The first-order valence-corrected chi connectivity index (χ1v) is 7.30. The molecule has 0 spiro atoms. The molecule has 0 atom stereocenters. The number of hydrogen-bond acceptors (Lipinski definition) is 5. The van der Waals surface area contributed by atoms with Crippen molar-refractivity contribution in [2.24, 2.45) is 0 Å². The lowest BCUT2D eigenvalue weighted by Crippen LogP contribution is -2.21. The number of anilines is 1. The maximum absolute atomic E-state index is 11.9. The first-order valence-electron chi connectivity index (χ1n) is 7.30. The van der Waals surface area contributed by atoms with E-state index in [4.69, 9.17) is 4.74 Å². The zero-order chi connectivity index (χ0) is 17.5. The van der Waals surface area contributed by atoms with E-state index in [0.717, 1.165) is 12.0 Å². The summed E-state index contributed by atoms with van der Waals surface area (Å²) in [5.41, 5.74) is 1.67. The van der Waals surface area contributed by atoms with Crippen LogP contribution in [0.25, 0.3) is 0 Å². The van der Waals surface area contributed by atoms with Gasteiger partial charge in [0.05, 0.1) is 10.5 Å². The Hall–Kier alpha value is -3.22. The van der Waals surface area contributed by atoms with E-state index in [-0.39, 0.29) is 11.3 Å². The largest absolute Gasteiger partial charge is 0.452 e. The van der Waals surface area contributed by atoms with Crippen LogP contribution < -0.4 is 5.32 Å². The van der Waals surface area contributed by atoms with Gasteiger partial charge in [-0.3, -0.25) is 14.9 Å². The minimum absolute atomic E-state index is 0.125. The highest BCUT2D eigenvalue weighted by Gasteiger charge is 2.13. The average molecular weight is 328 g/mol. The number of nitrogens with zero attached hydrogens (tertiary/aromatic N) is 1. The molecule has 0 aliphatic carbocycles. The number of aryl methyl sites for hydroxylation is 1. The Labute approximate surface area is 138 Å². The zero-order valence-electron chi connectivity index (χ0n) is 13.0. The van der Waals surface area contributed by atoms with E-state index < -0.39 is 23.4 Å². The lowest BCUT2D eigenvalue weighted by Gasteiger charge is -2.10. The summed E-state index contributed by atoms with van der Waals surface area (Å²) >= 11 is 0. The van der Waals surface area contributed by atoms with E-state index in [2.05, 4.69) is 5.32 Å². The van der Waals surface area contributed by atoms with Crippen molar-refractivity contribution in [1.29, 1.82) is 0 Å². The second-order valence-corrected chi connectivity index (χ2v) is 4.94. The van der Waals surface area contributed by atoms with Crippen molar-refractivity contribution < 1.29 is 19.2 Å². The van der Waals surface area contributed by atoms with Crippen LogP contribution >= 0.6 is 0 Å². The molecule has 0 saturated heterocycles. The number of hydrogen-bond donors (Lipinski definition) is 1. The summed E-state index contributed by atoms with van der Waals surface area (Å²) in [7, 11) is 0. The van der Waals surface area contributed by atoms with Crippen LogP contribution in [0.15, 0.2) is 48.5 Å². The van der Waals surface area contributed by atoms with Crippen LogP contribution in [-0.2, 0) is 16.0 Å². The number of nitrogens with one attached hydrogen (secondary N) is 1. The average Bonchev–Trinajstić information content (AvgIpc) is 2.60. The number of amides is 1. The third-order valence-electron chi connectivity index (χ3n) is 3.32. The van der Waals surface area contributed by atoms with Crippen LogP contribution in [-0.4, -0.2) is 23.4 Å². The van der Waals surface area contributed by atoms with Gasteiger partial charge in [-0.05, 0) is 30.2 Å². The fraction of sp³-hybridized carbons (Fsp3) is 0.176. The third-order valence-corrected chi connectivity index (χ3v) is 3.32. The fourth-order valence-corrected chi connectivity index (χ4v) is 2.07. The lowest BCUT2D eigenvalue weighted by molar-refractivity contribution is -0.384. The van der Waals surface area contributed by atoms with Gasteiger partial charge in [-0.1, -0.05) is 25.1 Å². The Balaban J connectivity index is 1.91. The number of nitro benzene ring substituents is 1. The molecule has 0 bridgehead atoms. The second-order valence-electron chi connectivity index (χ2n) is 4.94. The molecule has 0 saturated carbocycles. The van der Waals surface area contributed by atoms with Crippen molar-refractivity contribution in [2.45, 2.75) is 13.3 Å². The molecule has 2 aromatic carbocycles. The number of non-ortho nitro benzene ring substituents is 1. The van der Waals surface area contributed by atoms with Crippen LogP contribution in [0.4, 0.5) is 11.4 Å².